The summed E-state index contributed by atoms with van der Waals surface area (Å²) in [5.41, 5.74) is 3.77. The number of para-hydroxylation sites is 1. The highest BCUT2D eigenvalue weighted by Gasteiger charge is 2.21. The Labute approximate surface area is 276 Å². The molecule has 0 bridgehead atoms. The van der Waals surface area contributed by atoms with Gasteiger partial charge in [0.1, 0.15) is 30.4 Å². The maximum Gasteiger partial charge on any atom is 0.325 e. The fourth-order valence-electron chi connectivity index (χ4n) is 5.18. The third-order valence-corrected chi connectivity index (χ3v) is 7.44. The van der Waals surface area contributed by atoms with Crippen LogP contribution in [0.25, 0.3) is 0 Å². The molecule has 0 atom stereocenters. The van der Waals surface area contributed by atoms with Gasteiger partial charge in [-0.05, 0) is 72.1 Å². The van der Waals surface area contributed by atoms with Crippen molar-refractivity contribution in [2.75, 3.05) is 26.3 Å². The Bertz CT molecular complexity index is 1640. The monoisotopic (exact) mass is 628 g/mol. The van der Waals surface area contributed by atoms with Crippen molar-refractivity contribution in [2.24, 2.45) is 0 Å². The summed E-state index contributed by atoms with van der Waals surface area (Å²) < 4.78 is 17.3. The standard InChI is InChI=1S/C40H40N2O5/c1-2-45-39(43)31-42(30-34-17-12-20-38(27-34)47-37-18-10-5-11-19-37)40(44)35-21-23-36(24-22-35)46-26-25-41(28-32-13-6-3-7-14-32)29-33-15-8-4-9-16-33/h3-24,27H,2,25-26,28-31H2,1H3. The van der Waals surface area contributed by atoms with Gasteiger partial charge >= 0.3 is 5.97 Å². The highest BCUT2D eigenvalue weighted by Crippen LogP contribution is 2.23. The molecule has 7 heteroatoms. The number of ether oxygens (including phenoxy) is 3. The molecule has 0 aliphatic carbocycles. The fourth-order valence-corrected chi connectivity index (χ4v) is 5.18. The lowest BCUT2D eigenvalue weighted by Crippen LogP contribution is -2.36. The summed E-state index contributed by atoms with van der Waals surface area (Å²) in [4.78, 5) is 30.0. The Morgan fingerprint density at radius 1 is 0.596 bits per heavy atom. The van der Waals surface area contributed by atoms with Crippen LogP contribution in [0.3, 0.4) is 0 Å². The summed E-state index contributed by atoms with van der Waals surface area (Å²) in [7, 11) is 0. The fraction of sp³-hybridized carbons (Fsp3) is 0.200. The Kier molecular flexibility index (Phi) is 12.2. The highest BCUT2D eigenvalue weighted by atomic mass is 16.5. The Balaban J connectivity index is 1.22. The predicted octanol–water partition coefficient (Wildman–Crippen LogP) is 7.77. The molecule has 0 spiro atoms. The van der Waals surface area contributed by atoms with Gasteiger partial charge in [0.2, 0.25) is 0 Å². The van der Waals surface area contributed by atoms with Crippen LogP contribution < -0.4 is 9.47 Å². The second-order valence-corrected chi connectivity index (χ2v) is 11.1. The molecule has 1 amide bonds. The van der Waals surface area contributed by atoms with Gasteiger partial charge in [-0.2, -0.15) is 0 Å². The molecule has 5 aromatic rings. The molecule has 0 saturated heterocycles. The molecule has 0 aliphatic heterocycles. The minimum absolute atomic E-state index is 0.173. The van der Waals surface area contributed by atoms with Gasteiger partial charge in [-0.15, -0.1) is 0 Å². The normalized spacial score (nSPS) is 10.8. The molecule has 0 aliphatic rings. The van der Waals surface area contributed by atoms with Crippen LogP contribution in [0.5, 0.6) is 17.2 Å². The molecule has 0 unspecified atom stereocenters. The van der Waals surface area contributed by atoms with Gasteiger partial charge in [0, 0.05) is 31.7 Å². The lowest BCUT2D eigenvalue weighted by molar-refractivity contribution is -0.143. The van der Waals surface area contributed by atoms with Crippen molar-refractivity contribution < 1.29 is 23.8 Å². The number of benzene rings is 5. The molecule has 5 aromatic carbocycles. The number of hydrogen-bond donors (Lipinski definition) is 0. The van der Waals surface area contributed by atoms with Crippen LogP contribution in [-0.2, 0) is 29.2 Å². The van der Waals surface area contributed by atoms with Gasteiger partial charge in [-0.25, -0.2) is 0 Å². The van der Waals surface area contributed by atoms with Crippen molar-refractivity contribution in [3.8, 4) is 17.2 Å². The first-order valence-electron chi connectivity index (χ1n) is 15.9. The quantitative estimate of drug-likeness (QED) is 0.104. The van der Waals surface area contributed by atoms with Crippen LogP contribution in [0.15, 0.2) is 140 Å². The molecule has 0 fully saturated rings. The summed E-state index contributed by atoms with van der Waals surface area (Å²) in [6, 6.07) is 44.9. The van der Waals surface area contributed by atoms with Gasteiger partial charge < -0.3 is 19.1 Å². The molecule has 0 N–H and O–H groups in total. The van der Waals surface area contributed by atoms with Crippen molar-refractivity contribution in [1.29, 1.82) is 0 Å². The van der Waals surface area contributed by atoms with E-state index in [1.54, 1.807) is 31.2 Å². The summed E-state index contributed by atoms with van der Waals surface area (Å²) in [5.74, 6) is 1.28. The molecular weight excluding hydrogens is 588 g/mol. The Morgan fingerprint density at radius 2 is 1.17 bits per heavy atom. The van der Waals surface area contributed by atoms with E-state index >= 15 is 0 Å². The van der Waals surface area contributed by atoms with E-state index in [1.807, 2.05) is 66.7 Å². The lowest BCUT2D eigenvalue weighted by Gasteiger charge is -2.23. The van der Waals surface area contributed by atoms with Crippen molar-refractivity contribution >= 4 is 11.9 Å². The third-order valence-electron chi connectivity index (χ3n) is 7.44. The molecule has 240 valence electrons. The molecule has 0 aromatic heterocycles. The van der Waals surface area contributed by atoms with E-state index in [1.165, 1.54) is 16.0 Å². The van der Waals surface area contributed by atoms with Gasteiger partial charge in [-0.3, -0.25) is 14.5 Å². The summed E-state index contributed by atoms with van der Waals surface area (Å²) in [6.07, 6.45) is 0. The maximum absolute atomic E-state index is 13.7. The van der Waals surface area contributed by atoms with Gasteiger partial charge in [0.15, 0.2) is 0 Å². The third kappa shape index (κ3) is 10.6. The summed E-state index contributed by atoms with van der Waals surface area (Å²) in [5, 5.41) is 0. The molecule has 47 heavy (non-hydrogen) atoms. The molecule has 0 radical (unpaired) electrons. The van der Waals surface area contributed by atoms with Crippen molar-refractivity contribution in [2.45, 2.75) is 26.6 Å². The number of hydrogen-bond acceptors (Lipinski definition) is 6. The average molecular weight is 629 g/mol. The van der Waals surface area contributed by atoms with Crippen molar-refractivity contribution in [3.63, 3.8) is 0 Å². The van der Waals surface area contributed by atoms with E-state index < -0.39 is 5.97 Å². The second-order valence-electron chi connectivity index (χ2n) is 11.1. The molecule has 0 saturated carbocycles. The Morgan fingerprint density at radius 3 is 1.79 bits per heavy atom. The predicted molar refractivity (Wildman–Crippen MR) is 183 cm³/mol. The number of esters is 1. The van der Waals surface area contributed by atoms with Crippen LogP contribution in [-0.4, -0.2) is 48.0 Å². The van der Waals surface area contributed by atoms with E-state index in [4.69, 9.17) is 14.2 Å². The molecule has 7 nitrogen and oxygen atoms in total. The van der Waals surface area contributed by atoms with E-state index in [-0.39, 0.29) is 25.6 Å². The lowest BCUT2D eigenvalue weighted by atomic mass is 10.1. The average Bonchev–Trinajstić information content (AvgIpc) is 3.10. The van der Waals surface area contributed by atoms with E-state index in [9.17, 15) is 9.59 Å². The maximum atomic E-state index is 13.7. The zero-order chi connectivity index (χ0) is 32.7. The summed E-state index contributed by atoms with van der Waals surface area (Å²) >= 11 is 0. The number of amides is 1. The van der Waals surface area contributed by atoms with Gasteiger partial charge in [-0.1, -0.05) is 91.0 Å². The van der Waals surface area contributed by atoms with E-state index in [0.29, 0.717) is 29.4 Å². The van der Waals surface area contributed by atoms with E-state index in [0.717, 1.165) is 25.2 Å². The van der Waals surface area contributed by atoms with Gasteiger partial charge in [0.25, 0.3) is 5.91 Å². The minimum atomic E-state index is -0.465. The van der Waals surface area contributed by atoms with Crippen LogP contribution in [0, 0.1) is 0 Å². The topological polar surface area (TPSA) is 68.3 Å². The zero-order valence-corrected chi connectivity index (χ0v) is 26.7. The van der Waals surface area contributed by atoms with Crippen LogP contribution >= 0.6 is 0 Å². The molecular formula is C40H40N2O5. The molecule has 0 heterocycles. The first kappa shape index (κ1) is 33.0. The zero-order valence-electron chi connectivity index (χ0n) is 26.7. The van der Waals surface area contributed by atoms with Crippen LogP contribution in [0.4, 0.5) is 0 Å². The highest BCUT2D eigenvalue weighted by molar-refractivity contribution is 5.96. The number of rotatable bonds is 16. The Hall–Kier alpha value is -5.40. The van der Waals surface area contributed by atoms with Crippen LogP contribution in [0.1, 0.15) is 34.0 Å². The van der Waals surface area contributed by atoms with Crippen molar-refractivity contribution in [3.05, 3.63) is 162 Å². The number of nitrogens with zero attached hydrogens (tertiary/aromatic N) is 2. The number of carbonyl (C=O) groups excluding carboxylic acids is 2. The first-order valence-corrected chi connectivity index (χ1v) is 15.9. The first-order chi connectivity index (χ1) is 23.1. The smallest absolute Gasteiger partial charge is 0.325 e. The largest absolute Gasteiger partial charge is 0.492 e. The van der Waals surface area contributed by atoms with Crippen LogP contribution in [0.2, 0.25) is 0 Å². The number of carbonyl (C=O) groups is 2. The second kappa shape index (κ2) is 17.3. The SMILES string of the molecule is CCOC(=O)CN(Cc1cccc(Oc2ccccc2)c1)C(=O)c1ccc(OCCN(Cc2ccccc2)Cc2ccccc2)cc1. The molecule has 5 rings (SSSR count). The van der Waals surface area contributed by atoms with Crippen molar-refractivity contribution in [1.82, 2.24) is 9.80 Å². The van der Waals surface area contributed by atoms with Gasteiger partial charge in [0.05, 0.1) is 6.61 Å². The summed E-state index contributed by atoms with van der Waals surface area (Å²) in [6.45, 7) is 4.85. The minimum Gasteiger partial charge on any atom is -0.492 e. The van der Waals surface area contributed by atoms with E-state index in [2.05, 4.69) is 53.4 Å².